The molecule has 0 saturated heterocycles. The van der Waals surface area contributed by atoms with Gasteiger partial charge in [-0.15, -0.1) is 0 Å². The second kappa shape index (κ2) is 8.95. The van der Waals surface area contributed by atoms with Crippen LogP contribution in [0.2, 0.25) is 10.0 Å². The molecule has 0 aliphatic carbocycles. The van der Waals surface area contributed by atoms with Gasteiger partial charge < -0.3 is 4.42 Å². The van der Waals surface area contributed by atoms with E-state index in [0.29, 0.717) is 27.8 Å². The summed E-state index contributed by atoms with van der Waals surface area (Å²) in [6.07, 6.45) is 5.39. The first-order chi connectivity index (χ1) is 14.2. The Hall–Kier alpha value is -3.08. The molecule has 0 aliphatic heterocycles. The summed E-state index contributed by atoms with van der Waals surface area (Å²) in [6, 6.07) is 21.7. The molecule has 0 spiro atoms. The largest absolute Gasteiger partial charge is 0.443 e. The lowest BCUT2D eigenvalue weighted by Crippen LogP contribution is -1.97. The molecule has 1 heterocycles. The molecule has 4 rings (SSSR count). The van der Waals surface area contributed by atoms with Crippen LogP contribution in [0.15, 0.2) is 88.8 Å². The number of nitrogens with zero attached hydrogens (tertiary/aromatic N) is 2. The third-order valence-corrected chi connectivity index (χ3v) is 4.99. The Bertz CT molecular complexity index is 1100. The summed E-state index contributed by atoms with van der Waals surface area (Å²) in [4.78, 5) is 3.93. The highest BCUT2D eigenvalue weighted by molar-refractivity contribution is 6.39. The molecule has 29 heavy (non-hydrogen) atoms. The smallest absolute Gasteiger partial charge is 0.181 e. The molecule has 3 aromatic carbocycles. The third-order valence-electron chi connectivity index (χ3n) is 4.39. The fourth-order valence-electron chi connectivity index (χ4n) is 3.02. The number of benzene rings is 3. The van der Waals surface area contributed by atoms with Crippen molar-refractivity contribution in [1.29, 1.82) is 0 Å². The third kappa shape index (κ3) is 4.67. The zero-order valence-electron chi connectivity index (χ0n) is 15.3. The van der Waals surface area contributed by atoms with Crippen molar-refractivity contribution >= 4 is 35.1 Å². The Morgan fingerprint density at radius 1 is 0.966 bits per heavy atom. The maximum Gasteiger partial charge on any atom is 0.181 e. The highest BCUT2D eigenvalue weighted by atomic mass is 35.5. The molecule has 1 N–H and O–H groups in total. The van der Waals surface area contributed by atoms with E-state index in [1.54, 1.807) is 12.4 Å². The minimum absolute atomic E-state index is 0.525. The fourth-order valence-corrected chi connectivity index (χ4v) is 3.74. The molecule has 1 aromatic heterocycles. The number of hydrazone groups is 1. The summed E-state index contributed by atoms with van der Waals surface area (Å²) in [5, 5.41) is 5.40. The number of halogens is 2. The maximum atomic E-state index is 6.47. The van der Waals surface area contributed by atoms with Gasteiger partial charge in [0.25, 0.3) is 0 Å². The normalized spacial score (nSPS) is 11.1. The van der Waals surface area contributed by atoms with E-state index in [-0.39, 0.29) is 0 Å². The lowest BCUT2D eigenvalue weighted by molar-refractivity contribution is 0.572. The van der Waals surface area contributed by atoms with E-state index >= 15 is 0 Å². The van der Waals surface area contributed by atoms with E-state index in [1.165, 1.54) is 6.39 Å². The fraction of sp³-hybridized carbons (Fsp3) is 0.0435. The van der Waals surface area contributed by atoms with Crippen molar-refractivity contribution in [2.24, 2.45) is 5.10 Å². The minimum atomic E-state index is 0.525. The monoisotopic (exact) mass is 421 g/mol. The Balaban J connectivity index is 1.55. The van der Waals surface area contributed by atoms with Crippen LogP contribution in [0.4, 0.5) is 5.69 Å². The molecule has 144 valence electrons. The molecular weight excluding hydrogens is 405 g/mol. The Kier molecular flexibility index (Phi) is 5.94. The van der Waals surface area contributed by atoms with Gasteiger partial charge in [0.2, 0.25) is 0 Å². The van der Waals surface area contributed by atoms with Crippen LogP contribution < -0.4 is 5.43 Å². The van der Waals surface area contributed by atoms with Crippen molar-refractivity contribution in [2.45, 2.75) is 6.42 Å². The number of aromatic nitrogens is 1. The highest BCUT2D eigenvalue weighted by Gasteiger charge is 2.14. The van der Waals surface area contributed by atoms with Gasteiger partial charge in [-0.25, -0.2) is 4.98 Å². The first-order valence-corrected chi connectivity index (χ1v) is 9.75. The molecular formula is C23H17Cl2N3O. The van der Waals surface area contributed by atoms with Crippen LogP contribution >= 0.6 is 23.2 Å². The molecule has 4 nitrogen and oxygen atoms in total. The molecule has 0 saturated carbocycles. The van der Waals surface area contributed by atoms with Gasteiger partial charge in [-0.3, -0.25) is 5.43 Å². The van der Waals surface area contributed by atoms with Crippen LogP contribution in [0.3, 0.4) is 0 Å². The summed E-state index contributed by atoms with van der Waals surface area (Å²) in [5.41, 5.74) is 7.79. The van der Waals surface area contributed by atoms with Gasteiger partial charge in [0.1, 0.15) is 0 Å². The Morgan fingerprint density at radius 2 is 1.69 bits per heavy atom. The van der Waals surface area contributed by atoms with E-state index in [2.05, 4.69) is 15.5 Å². The van der Waals surface area contributed by atoms with E-state index in [1.807, 2.05) is 66.7 Å². The summed E-state index contributed by atoms with van der Waals surface area (Å²) < 4.78 is 5.33. The van der Waals surface area contributed by atoms with Crippen molar-refractivity contribution in [3.8, 4) is 11.3 Å². The van der Waals surface area contributed by atoms with Gasteiger partial charge in [-0.2, -0.15) is 5.10 Å². The van der Waals surface area contributed by atoms with Crippen molar-refractivity contribution in [3.05, 3.63) is 106 Å². The van der Waals surface area contributed by atoms with E-state index in [9.17, 15) is 0 Å². The number of nitrogens with one attached hydrogen (secondary N) is 1. The second-order valence-corrected chi connectivity index (χ2v) is 7.23. The molecule has 0 unspecified atom stereocenters. The van der Waals surface area contributed by atoms with Gasteiger partial charge >= 0.3 is 0 Å². The first kappa shape index (κ1) is 19.2. The summed E-state index contributed by atoms with van der Waals surface area (Å²) in [7, 11) is 0. The Morgan fingerprint density at radius 3 is 2.41 bits per heavy atom. The summed E-state index contributed by atoms with van der Waals surface area (Å²) in [6.45, 7) is 0. The Labute approximate surface area is 178 Å². The summed E-state index contributed by atoms with van der Waals surface area (Å²) in [5.74, 6) is 0.545. The van der Waals surface area contributed by atoms with Crippen LogP contribution in [0, 0.1) is 0 Å². The lowest BCUT2D eigenvalue weighted by Gasteiger charge is -2.11. The predicted octanol–water partition coefficient (Wildman–Crippen LogP) is 6.69. The maximum absolute atomic E-state index is 6.47. The van der Waals surface area contributed by atoms with Gasteiger partial charge in [0, 0.05) is 0 Å². The van der Waals surface area contributed by atoms with Crippen LogP contribution in [0.1, 0.15) is 16.7 Å². The zero-order chi connectivity index (χ0) is 20.1. The number of para-hydroxylation sites is 1. The van der Waals surface area contributed by atoms with Gasteiger partial charge in [-0.1, -0.05) is 71.7 Å². The number of rotatable bonds is 6. The van der Waals surface area contributed by atoms with Crippen molar-refractivity contribution in [1.82, 2.24) is 4.98 Å². The van der Waals surface area contributed by atoms with Crippen LogP contribution in [0.5, 0.6) is 0 Å². The SMILES string of the molecule is Clc1cc(Cc2ccccc2NN=Cc2ccccc2)cc(Cl)c1-c1cnco1. The van der Waals surface area contributed by atoms with Crippen molar-refractivity contribution in [2.75, 3.05) is 5.43 Å². The van der Waals surface area contributed by atoms with E-state index < -0.39 is 0 Å². The van der Waals surface area contributed by atoms with Gasteiger partial charge in [-0.05, 0) is 41.3 Å². The second-order valence-electron chi connectivity index (χ2n) is 6.41. The molecule has 4 aromatic rings. The van der Waals surface area contributed by atoms with E-state index in [4.69, 9.17) is 27.6 Å². The predicted molar refractivity (Wildman–Crippen MR) is 119 cm³/mol. The molecule has 6 heteroatoms. The number of anilines is 1. The number of hydrogen-bond donors (Lipinski definition) is 1. The standard InChI is InChI=1S/C23H17Cl2N3O/c24-19-11-17(12-20(25)23(19)22-14-26-15-29-22)10-18-8-4-5-9-21(18)28-27-13-16-6-2-1-3-7-16/h1-9,11-15,28H,10H2. The van der Waals surface area contributed by atoms with Crippen molar-refractivity contribution in [3.63, 3.8) is 0 Å². The van der Waals surface area contributed by atoms with Crippen LogP contribution in [-0.4, -0.2) is 11.2 Å². The number of oxazole rings is 1. The molecule has 0 atom stereocenters. The van der Waals surface area contributed by atoms with E-state index in [0.717, 1.165) is 22.4 Å². The lowest BCUT2D eigenvalue weighted by atomic mass is 10.0. The van der Waals surface area contributed by atoms with Crippen LogP contribution in [0.25, 0.3) is 11.3 Å². The van der Waals surface area contributed by atoms with Gasteiger partial charge in [0.15, 0.2) is 12.2 Å². The number of hydrogen-bond acceptors (Lipinski definition) is 4. The molecule has 0 aliphatic rings. The average Bonchev–Trinajstić information content (AvgIpc) is 3.24. The molecule has 0 bridgehead atoms. The minimum Gasteiger partial charge on any atom is -0.443 e. The topological polar surface area (TPSA) is 50.4 Å². The van der Waals surface area contributed by atoms with Gasteiger partial charge in [0.05, 0.1) is 33.7 Å². The molecule has 0 fully saturated rings. The zero-order valence-corrected chi connectivity index (χ0v) is 16.9. The highest BCUT2D eigenvalue weighted by Crippen LogP contribution is 2.36. The molecule has 0 amide bonds. The molecule has 0 radical (unpaired) electrons. The first-order valence-electron chi connectivity index (χ1n) is 8.99. The summed E-state index contributed by atoms with van der Waals surface area (Å²) >= 11 is 12.9. The quantitative estimate of drug-likeness (QED) is 0.278. The van der Waals surface area contributed by atoms with Crippen LogP contribution in [-0.2, 0) is 6.42 Å². The van der Waals surface area contributed by atoms with Crippen molar-refractivity contribution < 1.29 is 4.42 Å². The average molecular weight is 422 g/mol.